The van der Waals surface area contributed by atoms with Crippen LogP contribution in [0.2, 0.25) is 0 Å². The van der Waals surface area contributed by atoms with Gasteiger partial charge in [-0.05, 0) is 42.0 Å². The maximum Gasteiger partial charge on any atom is 0.387 e. The summed E-state index contributed by atoms with van der Waals surface area (Å²) in [5.41, 5.74) is 1.13. The highest BCUT2D eigenvalue weighted by Crippen LogP contribution is 2.25. The number of rotatable bonds is 9. The number of amides is 1. The van der Waals surface area contributed by atoms with E-state index in [9.17, 15) is 13.6 Å². The molecule has 3 aromatic carbocycles. The third kappa shape index (κ3) is 6.49. The van der Waals surface area contributed by atoms with E-state index in [1.807, 2.05) is 18.2 Å². The number of para-hydroxylation sites is 3. The van der Waals surface area contributed by atoms with Crippen LogP contribution in [0.15, 0.2) is 78.9 Å². The zero-order valence-electron chi connectivity index (χ0n) is 15.4. The van der Waals surface area contributed by atoms with Crippen LogP contribution in [0.25, 0.3) is 0 Å². The van der Waals surface area contributed by atoms with Gasteiger partial charge in [0.2, 0.25) is 0 Å². The van der Waals surface area contributed by atoms with Gasteiger partial charge in [0.1, 0.15) is 23.9 Å². The van der Waals surface area contributed by atoms with Crippen molar-refractivity contribution in [2.24, 2.45) is 0 Å². The Morgan fingerprint density at radius 3 is 2.38 bits per heavy atom. The summed E-state index contributed by atoms with van der Waals surface area (Å²) in [4.78, 5) is 12.2. The van der Waals surface area contributed by atoms with Gasteiger partial charge in [-0.2, -0.15) is 8.78 Å². The molecule has 0 unspecified atom stereocenters. The SMILES string of the molecule is O=C(COc1ccccc1)Nc1ccccc1OCc1cccc(OC(F)F)c1. The maximum absolute atomic E-state index is 12.3. The first kappa shape index (κ1) is 20.1. The van der Waals surface area contributed by atoms with Crippen molar-refractivity contribution in [3.05, 3.63) is 84.4 Å². The molecule has 0 atom stereocenters. The Hall–Kier alpha value is -3.61. The molecule has 0 heterocycles. The molecule has 0 saturated carbocycles. The van der Waals surface area contributed by atoms with Gasteiger partial charge in [-0.15, -0.1) is 0 Å². The number of hydrogen-bond donors (Lipinski definition) is 1. The summed E-state index contributed by atoms with van der Waals surface area (Å²) in [6, 6.07) is 22.2. The molecule has 0 aromatic heterocycles. The van der Waals surface area contributed by atoms with E-state index in [2.05, 4.69) is 10.1 Å². The lowest BCUT2D eigenvalue weighted by Gasteiger charge is -2.13. The van der Waals surface area contributed by atoms with Crippen molar-refractivity contribution in [2.75, 3.05) is 11.9 Å². The van der Waals surface area contributed by atoms with Crippen LogP contribution >= 0.6 is 0 Å². The third-order valence-electron chi connectivity index (χ3n) is 3.79. The Morgan fingerprint density at radius 2 is 1.59 bits per heavy atom. The number of benzene rings is 3. The van der Waals surface area contributed by atoms with Gasteiger partial charge < -0.3 is 19.5 Å². The minimum absolute atomic E-state index is 0.0562. The van der Waals surface area contributed by atoms with Crippen LogP contribution in [0.1, 0.15) is 5.56 Å². The van der Waals surface area contributed by atoms with E-state index >= 15 is 0 Å². The molecular formula is C22H19F2NO4. The number of anilines is 1. The van der Waals surface area contributed by atoms with Crippen molar-refractivity contribution in [3.8, 4) is 17.2 Å². The lowest BCUT2D eigenvalue weighted by atomic mass is 10.2. The summed E-state index contributed by atoms with van der Waals surface area (Å²) in [6.45, 7) is -2.92. The topological polar surface area (TPSA) is 56.8 Å². The Morgan fingerprint density at radius 1 is 0.862 bits per heavy atom. The average Bonchev–Trinajstić information content (AvgIpc) is 2.72. The molecule has 0 spiro atoms. The van der Waals surface area contributed by atoms with Crippen LogP contribution in [-0.2, 0) is 11.4 Å². The number of halogens is 2. The second-order valence-electron chi connectivity index (χ2n) is 5.96. The predicted octanol–water partition coefficient (Wildman–Crippen LogP) is 4.88. The van der Waals surface area contributed by atoms with Crippen LogP contribution in [0.5, 0.6) is 17.2 Å². The molecule has 3 rings (SSSR count). The molecule has 3 aromatic rings. The highest BCUT2D eigenvalue weighted by atomic mass is 19.3. The van der Waals surface area contributed by atoms with E-state index in [0.29, 0.717) is 22.7 Å². The Labute approximate surface area is 166 Å². The Kier molecular flexibility index (Phi) is 7.00. The molecule has 1 amide bonds. The molecule has 1 N–H and O–H groups in total. The summed E-state index contributed by atoms with van der Waals surface area (Å²) >= 11 is 0. The van der Waals surface area contributed by atoms with Gasteiger partial charge in [-0.3, -0.25) is 4.79 Å². The summed E-state index contributed by atoms with van der Waals surface area (Å²) < 4.78 is 40.3. The highest BCUT2D eigenvalue weighted by molar-refractivity contribution is 5.93. The fourth-order valence-corrected chi connectivity index (χ4v) is 2.52. The van der Waals surface area contributed by atoms with Crippen LogP contribution in [-0.4, -0.2) is 19.1 Å². The van der Waals surface area contributed by atoms with Crippen LogP contribution in [0, 0.1) is 0 Å². The molecule has 0 bridgehead atoms. The second kappa shape index (κ2) is 10.1. The second-order valence-corrected chi connectivity index (χ2v) is 5.96. The summed E-state index contributed by atoms with van der Waals surface area (Å²) in [5, 5.41) is 2.74. The van der Waals surface area contributed by atoms with Crippen LogP contribution < -0.4 is 19.5 Å². The molecule has 0 aliphatic heterocycles. The number of alkyl halides is 2. The quantitative estimate of drug-likeness (QED) is 0.557. The number of ether oxygens (including phenoxy) is 3. The van der Waals surface area contributed by atoms with E-state index in [0.717, 1.165) is 0 Å². The molecule has 5 nitrogen and oxygen atoms in total. The van der Waals surface area contributed by atoms with Gasteiger partial charge in [-0.25, -0.2) is 0 Å². The number of carbonyl (C=O) groups is 1. The first-order chi connectivity index (χ1) is 14.1. The monoisotopic (exact) mass is 399 g/mol. The van der Waals surface area contributed by atoms with Gasteiger partial charge in [0, 0.05) is 0 Å². The van der Waals surface area contributed by atoms with E-state index < -0.39 is 6.61 Å². The third-order valence-corrected chi connectivity index (χ3v) is 3.79. The molecule has 150 valence electrons. The van der Waals surface area contributed by atoms with Crippen LogP contribution in [0.3, 0.4) is 0 Å². The van der Waals surface area contributed by atoms with Gasteiger partial charge in [0.15, 0.2) is 6.61 Å². The van der Waals surface area contributed by atoms with Crippen molar-refractivity contribution in [3.63, 3.8) is 0 Å². The number of nitrogens with one attached hydrogen (secondary N) is 1. The van der Waals surface area contributed by atoms with Crippen molar-refractivity contribution < 1.29 is 27.8 Å². The van der Waals surface area contributed by atoms with Gasteiger partial charge in [0.25, 0.3) is 5.91 Å². The first-order valence-electron chi connectivity index (χ1n) is 8.83. The predicted molar refractivity (Wildman–Crippen MR) is 104 cm³/mol. The minimum atomic E-state index is -2.89. The van der Waals surface area contributed by atoms with E-state index in [1.165, 1.54) is 12.1 Å². The lowest BCUT2D eigenvalue weighted by Crippen LogP contribution is -2.20. The Balaban J connectivity index is 1.58. The normalized spacial score (nSPS) is 10.4. The molecule has 0 aliphatic carbocycles. The van der Waals surface area contributed by atoms with Crippen molar-refractivity contribution in [1.29, 1.82) is 0 Å². The lowest BCUT2D eigenvalue weighted by molar-refractivity contribution is -0.118. The van der Waals surface area contributed by atoms with E-state index in [1.54, 1.807) is 48.5 Å². The van der Waals surface area contributed by atoms with Crippen molar-refractivity contribution in [2.45, 2.75) is 13.2 Å². The van der Waals surface area contributed by atoms with Crippen molar-refractivity contribution in [1.82, 2.24) is 0 Å². The van der Waals surface area contributed by atoms with Gasteiger partial charge in [0.05, 0.1) is 5.69 Å². The average molecular weight is 399 g/mol. The Bertz CT molecular complexity index is 935. The minimum Gasteiger partial charge on any atom is -0.487 e. The summed E-state index contributed by atoms with van der Waals surface area (Å²) in [6.07, 6.45) is 0. The standard InChI is InChI=1S/C22H19F2NO4/c23-22(24)29-18-10-6-7-16(13-18)14-28-20-12-5-4-11-19(20)25-21(26)15-27-17-8-2-1-3-9-17/h1-13,22H,14-15H2,(H,25,26). The molecule has 29 heavy (non-hydrogen) atoms. The maximum atomic E-state index is 12.3. The molecule has 0 radical (unpaired) electrons. The molecule has 0 saturated heterocycles. The summed E-state index contributed by atoms with van der Waals surface area (Å²) in [7, 11) is 0. The van der Waals surface area contributed by atoms with E-state index in [-0.39, 0.29) is 24.9 Å². The van der Waals surface area contributed by atoms with Crippen molar-refractivity contribution >= 4 is 11.6 Å². The fraction of sp³-hybridized carbons (Fsp3) is 0.136. The van der Waals surface area contributed by atoms with E-state index in [4.69, 9.17) is 9.47 Å². The molecule has 7 heteroatoms. The largest absolute Gasteiger partial charge is 0.487 e. The number of hydrogen-bond acceptors (Lipinski definition) is 4. The van der Waals surface area contributed by atoms with Crippen LogP contribution in [0.4, 0.5) is 14.5 Å². The van der Waals surface area contributed by atoms with Gasteiger partial charge >= 0.3 is 6.61 Å². The zero-order valence-corrected chi connectivity index (χ0v) is 15.4. The highest BCUT2D eigenvalue weighted by Gasteiger charge is 2.10. The number of carbonyl (C=O) groups excluding carboxylic acids is 1. The summed E-state index contributed by atoms with van der Waals surface area (Å²) in [5.74, 6) is 0.761. The fourth-order valence-electron chi connectivity index (χ4n) is 2.52. The zero-order chi connectivity index (χ0) is 20.5. The molecule has 0 fully saturated rings. The van der Waals surface area contributed by atoms with Gasteiger partial charge in [-0.1, -0.05) is 42.5 Å². The smallest absolute Gasteiger partial charge is 0.387 e. The first-order valence-corrected chi connectivity index (χ1v) is 8.83. The molecular weight excluding hydrogens is 380 g/mol. The molecule has 0 aliphatic rings.